The van der Waals surface area contributed by atoms with E-state index in [4.69, 9.17) is 9.73 Å². The Hall–Kier alpha value is -1.68. The smallest absolute Gasteiger partial charge is 0.233 e. The van der Waals surface area contributed by atoms with Crippen LogP contribution in [0.15, 0.2) is 47.6 Å². The van der Waals surface area contributed by atoms with Gasteiger partial charge in [0.2, 0.25) is 5.90 Å². The minimum atomic E-state index is 0.294. The average Bonchev–Trinajstić information content (AvgIpc) is 3.16. The Morgan fingerprint density at radius 3 is 2.86 bits per heavy atom. The molecule has 0 bridgehead atoms. The summed E-state index contributed by atoms with van der Waals surface area (Å²) < 4.78 is 8.03. The van der Waals surface area contributed by atoms with E-state index < -0.39 is 0 Å². The lowest BCUT2D eigenvalue weighted by molar-refractivity contribution is 0.323. The van der Waals surface area contributed by atoms with Crippen LogP contribution in [-0.4, -0.2) is 34.6 Å². The molecule has 0 saturated carbocycles. The molecule has 22 heavy (non-hydrogen) atoms. The van der Waals surface area contributed by atoms with Gasteiger partial charge in [0.15, 0.2) is 0 Å². The molecule has 0 radical (unpaired) electrons. The summed E-state index contributed by atoms with van der Waals surface area (Å²) in [6.45, 7) is 5.84. The number of hydrogen-bond acceptors (Lipinski definition) is 3. The highest BCUT2D eigenvalue weighted by Gasteiger charge is 2.21. The standard InChI is InChI=1S/C18H22N2OS/c1-3-22-13-16-12-21-18(19-16)17-5-4-10-20(17)11-15-8-6-14(2)7-9-15/h4-10,16H,3,11-13H2,1-2H3/t16-/m0/s1. The predicted molar refractivity (Wildman–Crippen MR) is 94.0 cm³/mol. The first-order chi connectivity index (χ1) is 10.8. The molecule has 116 valence electrons. The zero-order valence-corrected chi connectivity index (χ0v) is 14.0. The van der Waals surface area contributed by atoms with Crippen molar-refractivity contribution in [2.24, 2.45) is 4.99 Å². The number of benzene rings is 1. The molecule has 2 heterocycles. The van der Waals surface area contributed by atoms with Crippen molar-refractivity contribution in [2.45, 2.75) is 26.4 Å². The van der Waals surface area contributed by atoms with Gasteiger partial charge < -0.3 is 9.30 Å². The van der Waals surface area contributed by atoms with E-state index in [2.05, 4.69) is 61.0 Å². The third-order valence-electron chi connectivity index (χ3n) is 3.75. The fourth-order valence-corrected chi connectivity index (χ4v) is 3.21. The van der Waals surface area contributed by atoms with Crippen molar-refractivity contribution in [1.82, 2.24) is 4.57 Å². The van der Waals surface area contributed by atoms with Gasteiger partial charge in [0.1, 0.15) is 12.3 Å². The van der Waals surface area contributed by atoms with Gasteiger partial charge in [-0.15, -0.1) is 0 Å². The Balaban J connectivity index is 1.73. The van der Waals surface area contributed by atoms with Crippen LogP contribution >= 0.6 is 11.8 Å². The molecule has 4 heteroatoms. The van der Waals surface area contributed by atoms with Crippen molar-refractivity contribution in [2.75, 3.05) is 18.1 Å². The Kier molecular flexibility index (Phi) is 4.88. The van der Waals surface area contributed by atoms with Crippen molar-refractivity contribution < 1.29 is 4.74 Å². The molecule has 0 N–H and O–H groups in total. The topological polar surface area (TPSA) is 26.5 Å². The molecule has 0 unspecified atom stereocenters. The molecule has 3 rings (SSSR count). The minimum Gasteiger partial charge on any atom is -0.474 e. The normalized spacial score (nSPS) is 17.4. The van der Waals surface area contributed by atoms with Gasteiger partial charge in [-0.3, -0.25) is 0 Å². The maximum atomic E-state index is 5.82. The maximum Gasteiger partial charge on any atom is 0.233 e. The van der Waals surface area contributed by atoms with Gasteiger partial charge in [-0.05, 0) is 30.4 Å². The molecule has 1 atom stereocenters. The van der Waals surface area contributed by atoms with Crippen molar-refractivity contribution in [1.29, 1.82) is 0 Å². The third-order valence-corrected chi connectivity index (χ3v) is 4.78. The molecule has 1 aromatic carbocycles. The van der Waals surface area contributed by atoms with Crippen LogP contribution in [0.5, 0.6) is 0 Å². The number of nitrogens with zero attached hydrogens (tertiary/aromatic N) is 2. The van der Waals surface area contributed by atoms with Gasteiger partial charge in [0, 0.05) is 18.5 Å². The summed E-state index contributed by atoms with van der Waals surface area (Å²) in [6.07, 6.45) is 2.09. The predicted octanol–water partition coefficient (Wildman–Crippen LogP) is 3.74. The molecular weight excluding hydrogens is 292 g/mol. The lowest BCUT2D eigenvalue weighted by Gasteiger charge is -2.09. The van der Waals surface area contributed by atoms with Crippen LogP contribution in [0, 0.1) is 6.92 Å². The lowest BCUT2D eigenvalue weighted by atomic mass is 10.1. The lowest BCUT2D eigenvalue weighted by Crippen LogP contribution is -2.11. The van der Waals surface area contributed by atoms with Gasteiger partial charge in [0.25, 0.3) is 0 Å². The van der Waals surface area contributed by atoms with Gasteiger partial charge in [-0.1, -0.05) is 36.8 Å². The minimum absolute atomic E-state index is 0.294. The van der Waals surface area contributed by atoms with Crippen LogP contribution in [0.4, 0.5) is 0 Å². The Morgan fingerprint density at radius 1 is 1.27 bits per heavy atom. The summed E-state index contributed by atoms with van der Waals surface area (Å²) in [5, 5.41) is 0. The van der Waals surface area contributed by atoms with Crippen molar-refractivity contribution in [3.05, 3.63) is 59.4 Å². The Bertz CT molecular complexity index is 645. The molecule has 1 aromatic heterocycles. The summed E-state index contributed by atoms with van der Waals surface area (Å²) in [7, 11) is 0. The second-order valence-corrected chi connectivity index (χ2v) is 6.88. The summed E-state index contributed by atoms with van der Waals surface area (Å²) in [5.74, 6) is 2.96. The quantitative estimate of drug-likeness (QED) is 0.812. The van der Waals surface area contributed by atoms with Gasteiger partial charge in [-0.2, -0.15) is 11.8 Å². The summed E-state index contributed by atoms with van der Waals surface area (Å²) in [4.78, 5) is 4.74. The molecule has 0 spiro atoms. The fourth-order valence-electron chi connectivity index (χ4n) is 2.53. The number of rotatable bonds is 6. The molecule has 0 amide bonds. The third kappa shape index (κ3) is 3.55. The summed E-state index contributed by atoms with van der Waals surface area (Å²) >= 11 is 1.92. The fraction of sp³-hybridized carbons (Fsp3) is 0.389. The maximum absolute atomic E-state index is 5.82. The van der Waals surface area contributed by atoms with E-state index in [0.717, 1.165) is 29.6 Å². The van der Waals surface area contributed by atoms with E-state index in [0.29, 0.717) is 12.6 Å². The molecule has 1 aliphatic heterocycles. The van der Waals surface area contributed by atoms with Crippen LogP contribution in [0.25, 0.3) is 0 Å². The Morgan fingerprint density at radius 2 is 2.09 bits per heavy atom. The summed E-state index contributed by atoms with van der Waals surface area (Å²) in [6, 6.07) is 13.1. The molecule has 3 nitrogen and oxygen atoms in total. The van der Waals surface area contributed by atoms with Gasteiger partial charge >= 0.3 is 0 Å². The van der Waals surface area contributed by atoms with Crippen molar-refractivity contribution in [3.63, 3.8) is 0 Å². The van der Waals surface area contributed by atoms with Crippen molar-refractivity contribution >= 4 is 17.7 Å². The van der Waals surface area contributed by atoms with E-state index in [9.17, 15) is 0 Å². The first-order valence-corrected chi connectivity index (χ1v) is 8.91. The first-order valence-electron chi connectivity index (χ1n) is 7.75. The van der Waals surface area contributed by atoms with Gasteiger partial charge in [0.05, 0.1) is 6.04 Å². The number of thioether (sulfide) groups is 1. The molecular formula is C18H22N2OS. The van der Waals surface area contributed by atoms with Crippen molar-refractivity contribution in [3.8, 4) is 0 Å². The SMILES string of the molecule is CCSC[C@@H]1COC(c2cccn2Cc2ccc(C)cc2)=N1. The van der Waals surface area contributed by atoms with E-state index in [1.807, 2.05) is 11.8 Å². The second kappa shape index (κ2) is 7.05. The van der Waals surface area contributed by atoms with E-state index in [1.54, 1.807) is 0 Å². The number of ether oxygens (including phenoxy) is 1. The second-order valence-electron chi connectivity index (χ2n) is 5.57. The first kappa shape index (κ1) is 15.2. The molecule has 0 fully saturated rings. The van der Waals surface area contributed by atoms with Crippen LogP contribution in [0.1, 0.15) is 23.7 Å². The highest BCUT2D eigenvalue weighted by molar-refractivity contribution is 7.99. The number of hydrogen-bond donors (Lipinski definition) is 0. The molecule has 2 aromatic rings. The highest BCUT2D eigenvalue weighted by Crippen LogP contribution is 2.17. The molecule has 1 aliphatic rings. The molecule has 0 aliphatic carbocycles. The summed E-state index contributed by atoms with van der Waals surface area (Å²) in [5.41, 5.74) is 3.65. The highest BCUT2D eigenvalue weighted by atomic mass is 32.2. The van der Waals surface area contributed by atoms with Crippen LogP contribution < -0.4 is 0 Å². The van der Waals surface area contributed by atoms with E-state index in [-0.39, 0.29) is 0 Å². The Labute approximate surface area is 136 Å². The zero-order chi connectivity index (χ0) is 15.4. The van der Waals surface area contributed by atoms with Crippen LogP contribution in [-0.2, 0) is 11.3 Å². The molecule has 0 saturated heterocycles. The number of aliphatic imine (C=N–C) groups is 1. The zero-order valence-electron chi connectivity index (χ0n) is 13.2. The number of aryl methyl sites for hydroxylation is 1. The van der Waals surface area contributed by atoms with Crippen LogP contribution in [0.2, 0.25) is 0 Å². The van der Waals surface area contributed by atoms with E-state index in [1.165, 1.54) is 11.1 Å². The van der Waals surface area contributed by atoms with Crippen LogP contribution in [0.3, 0.4) is 0 Å². The monoisotopic (exact) mass is 314 g/mol. The van der Waals surface area contributed by atoms with Gasteiger partial charge in [-0.25, -0.2) is 4.99 Å². The number of aromatic nitrogens is 1. The van der Waals surface area contributed by atoms with E-state index >= 15 is 0 Å². The average molecular weight is 314 g/mol. The largest absolute Gasteiger partial charge is 0.474 e.